The summed E-state index contributed by atoms with van der Waals surface area (Å²) in [5.74, 6) is -0.424. The molecule has 5 nitrogen and oxygen atoms in total. The summed E-state index contributed by atoms with van der Waals surface area (Å²) in [6, 6.07) is 3.15. The minimum atomic E-state index is -1.00. The Morgan fingerprint density at radius 1 is 1.04 bits per heavy atom. The molecule has 1 aromatic carbocycles. The molecule has 0 unspecified atom stereocenters. The summed E-state index contributed by atoms with van der Waals surface area (Å²) in [4.78, 5) is 14.5. The number of aromatic nitrogens is 3. The lowest BCUT2D eigenvalue weighted by Crippen LogP contribution is -2.32. The Labute approximate surface area is 144 Å². The second-order valence-electron chi connectivity index (χ2n) is 6.72. The average molecular weight is 346 g/mol. The summed E-state index contributed by atoms with van der Waals surface area (Å²) in [5, 5.41) is 8.68. The van der Waals surface area contributed by atoms with E-state index < -0.39 is 11.6 Å². The summed E-state index contributed by atoms with van der Waals surface area (Å²) in [5.41, 5.74) is 0.168. The van der Waals surface area contributed by atoms with Crippen LogP contribution in [0.2, 0.25) is 0 Å². The molecule has 2 aliphatic rings. The van der Waals surface area contributed by atoms with Gasteiger partial charge in [-0.05, 0) is 43.9 Å². The third-order valence-electron chi connectivity index (χ3n) is 5.12. The van der Waals surface area contributed by atoms with Crippen molar-refractivity contribution in [2.45, 2.75) is 51.1 Å². The Hall–Kier alpha value is -2.31. The second-order valence-corrected chi connectivity index (χ2v) is 6.72. The molecule has 1 saturated heterocycles. The average Bonchev–Trinajstić information content (AvgIpc) is 3.17. The molecular formula is C18H20F2N4O. The molecule has 132 valence electrons. The first kappa shape index (κ1) is 16.2. The van der Waals surface area contributed by atoms with Crippen molar-refractivity contribution in [3.63, 3.8) is 0 Å². The Balaban J connectivity index is 1.63. The van der Waals surface area contributed by atoms with Crippen LogP contribution < -0.4 is 0 Å². The normalized spacial score (nSPS) is 20.4. The van der Waals surface area contributed by atoms with E-state index in [2.05, 4.69) is 14.8 Å². The van der Waals surface area contributed by atoms with E-state index in [4.69, 9.17) is 0 Å². The van der Waals surface area contributed by atoms with Gasteiger partial charge in [0.05, 0.1) is 6.04 Å². The highest BCUT2D eigenvalue weighted by atomic mass is 19.2. The third-order valence-corrected chi connectivity index (χ3v) is 5.12. The first-order valence-corrected chi connectivity index (χ1v) is 8.83. The van der Waals surface area contributed by atoms with Crippen molar-refractivity contribution in [1.29, 1.82) is 0 Å². The first-order valence-electron chi connectivity index (χ1n) is 8.83. The largest absolute Gasteiger partial charge is 0.328 e. The Bertz CT molecular complexity index is 804. The van der Waals surface area contributed by atoms with Gasteiger partial charge in [0, 0.05) is 25.1 Å². The second kappa shape index (κ2) is 6.54. The Kier molecular flexibility index (Phi) is 4.23. The van der Waals surface area contributed by atoms with E-state index in [1.54, 1.807) is 4.90 Å². The van der Waals surface area contributed by atoms with E-state index in [1.807, 2.05) is 0 Å². The lowest BCUT2D eigenvalue weighted by Gasteiger charge is -2.25. The van der Waals surface area contributed by atoms with E-state index >= 15 is 0 Å². The van der Waals surface area contributed by atoms with Crippen molar-refractivity contribution in [3.05, 3.63) is 47.0 Å². The highest BCUT2D eigenvalue weighted by molar-refractivity contribution is 5.94. The molecule has 4 rings (SSSR count). The van der Waals surface area contributed by atoms with E-state index in [0.29, 0.717) is 6.54 Å². The maximum atomic E-state index is 13.5. The molecule has 0 N–H and O–H groups in total. The van der Waals surface area contributed by atoms with Gasteiger partial charge in [-0.15, -0.1) is 10.2 Å². The quantitative estimate of drug-likeness (QED) is 0.839. The van der Waals surface area contributed by atoms with Crippen molar-refractivity contribution in [1.82, 2.24) is 19.7 Å². The van der Waals surface area contributed by atoms with Gasteiger partial charge >= 0.3 is 0 Å². The monoisotopic (exact) mass is 346 g/mol. The number of benzene rings is 1. The number of aryl methyl sites for hydroxylation is 1. The molecule has 2 aromatic rings. The summed E-state index contributed by atoms with van der Waals surface area (Å²) >= 11 is 0. The fourth-order valence-electron chi connectivity index (χ4n) is 3.83. The molecule has 7 heteroatoms. The van der Waals surface area contributed by atoms with Crippen LogP contribution in [0.5, 0.6) is 0 Å². The van der Waals surface area contributed by atoms with Crippen LogP contribution in [-0.4, -0.2) is 32.1 Å². The van der Waals surface area contributed by atoms with Crippen LogP contribution in [0.4, 0.5) is 8.78 Å². The predicted molar refractivity (Wildman–Crippen MR) is 86.9 cm³/mol. The van der Waals surface area contributed by atoms with Crippen molar-refractivity contribution >= 4 is 5.91 Å². The predicted octanol–water partition coefficient (Wildman–Crippen LogP) is 3.26. The van der Waals surface area contributed by atoms with Gasteiger partial charge in [0.2, 0.25) is 0 Å². The Morgan fingerprint density at radius 2 is 1.92 bits per heavy atom. The van der Waals surface area contributed by atoms with Crippen molar-refractivity contribution in [2.24, 2.45) is 0 Å². The van der Waals surface area contributed by atoms with E-state index in [0.717, 1.165) is 62.4 Å². The zero-order valence-electron chi connectivity index (χ0n) is 13.9. The van der Waals surface area contributed by atoms with Gasteiger partial charge < -0.3 is 9.47 Å². The van der Waals surface area contributed by atoms with Gasteiger partial charge in [-0.2, -0.15) is 0 Å². The van der Waals surface area contributed by atoms with Gasteiger partial charge in [-0.3, -0.25) is 4.79 Å². The molecule has 0 spiro atoms. The number of halogens is 2. The lowest BCUT2D eigenvalue weighted by molar-refractivity contribution is 0.0726. The fraction of sp³-hybridized carbons (Fsp3) is 0.500. The highest BCUT2D eigenvalue weighted by Gasteiger charge is 2.35. The number of nitrogens with zero attached hydrogens (tertiary/aromatic N) is 4. The number of hydrogen-bond acceptors (Lipinski definition) is 3. The number of fused-ring (bicyclic) bond motifs is 1. The van der Waals surface area contributed by atoms with Crippen LogP contribution >= 0.6 is 0 Å². The first-order chi connectivity index (χ1) is 12.1. The van der Waals surface area contributed by atoms with E-state index in [1.165, 1.54) is 12.5 Å². The molecule has 2 aliphatic heterocycles. The lowest BCUT2D eigenvalue weighted by atomic mass is 10.1. The Morgan fingerprint density at radius 3 is 2.76 bits per heavy atom. The summed E-state index contributed by atoms with van der Waals surface area (Å²) in [6.45, 7) is 1.46. The minimum Gasteiger partial charge on any atom is -0.328 e. The van der Waals surface area contributed by atoms with Gasteiger partial charge in [-0.1, -0.05) is 6.42 Å². The highest BCUT2D eigenvalue weighted by Crippen LogP contribution is 2.33. The van der Waals surface area contributed by atoms with Crippen LogP contribution in [-0.2, 0) is 13.0 Å². The molecule has 0 saturated carbocycles. The maximum absolute atomic E-state index is 13.5. The molecule has 1 fully saturated rings. The molecule has 1 amide bonds. The molecule has 3 heterocycles. The number of amides is 1. The molecule has 1 atom stereocenters. The number of likely N-dealkylation sites (tertiary alicyclic amines) is 1. The number of carbonyl (C=O) groups excluding carboxylic acids is 1. The van der Waals surface area contributed by atoms with Gasteiger partial charge in [0.25, 0.3) is 5.91 Å². The number of rotatable bonds is 2. The van der Waals surface area contributed by atoms with Crippen molar-refractivity contribution < 1.29 is 13.6 Å². The third kappa shape index (κ3) is 2.92. The van der Waals surface area contributed by atoms with E-state index in [-0.39, 0.29) is 17.5 Å². The van der Waals surface area contributed by atoms with Gasteiger partial charge in [0.15, 0.2) is 17.5 Å². The smallest absolute Gasteiger partial charge is 0.254 e. The molecule has 1 aromatic heterocycles. The van der Waals surface area contributed by atoms with Crippen LogP contribution in [0.3, 0.4) is 0 Å². The van der Waals surface area contributed by atoms with Gasteiger partial charge in [0.1, 0.15) is 5.82 Å². The van der Waals surface area contributed by atoms with Crippen molar-refractivity contribution in [2.75, 3.05) is 6.54 Å². The van der Waals surface area contributed by atoms with Crippen LogP contribution in [0, 0.1) is 11.6 Å². The fourth-order valence-corrected chi connectivity index (χ4v) is 3.83. The zero-order chi connectivity index (χ0) is 17.4. The number of hydrogen-bond donors (Lipinski definition) is 0. The molecule has 25 heavy (non-hydrogen) atoms. The standard InChI is InChI=1S/C18H20F2N4O/c19-13-8-7-12(11-14(13)20)18(25)23-10-4-5-15(23)17-22-21-16-6-2-1-3-9-24(16)17/h7-8,11,15H,1-6,9-10H2/t15-/m0/s1. The minimum absolute atomic E-state index is 0.153. The van der Waals surface area contributed by atoms with Crippen LogP contribution in [0.25, 0.3) is 0 Å². The van der Waals surface area contributed by atoms with Crippen molar-refractivity contribution in [3.8, 4) is 0 Å². The molecule has 0 bridgehead atoms. The summed E-state index contributed by atoms with van der Waals surface area (Å²) < 4.78 is 28.8. The zero-order valence-corrected chi connectivity index (χ0v) is 13.9. The van der Waals surface area contributed by atoms with Gasteiger partial charge in [-0.25, -0.2) is 8.78 Å². The van der Waals surface area contributed by atoms with E-state index in [9.17, 15) is 13.6 Å². The molecule has 0 radical (unpaired) electrons. The SMILES string of the molecule is O=C(c1ccc(F)c(F)c1)N1CCC[C@H]1c1nnc2n1CCCCC2. The summed E-state index contributed by atoms with van der Waals surface area (Å²) in [6.07, 6.45) is 5.96. The van der Waals surface area contributed by atoms with Crippen LogP contribution in [0.15, 0.2) is 18.2 Å². The molecular weight excluding hydrogens is 326 g/mol. The molecule has 0 aliphatic carbocycles. The summed E-state index contributed by atoms with van der Waals surface area (Å²) in [7, 11) is 0. The maximum Gasteiger partial charge on any atom is 0.254 e. The number of carbonyl (C=O) groups is 1. The van der Waals surface area contributed by atoms with Crippen LogP contribution in [0.1, 0.15) is 60.2 Å². The topological polar surface area (TPSA) is 51.0 Å².